The second-order valence-electron chi connectivity index (χ2n) is 3.76. The standard InChI is InChI=1S/C14H13BrClN/c1-3-17-10(2)13(16)8-9-14(17)11-4-6-12(15)7-5-11/h4-9H,2-3H2,1H3. The summed E-state index contributed by atoms with van der Waals surface area (Å²) in [6.45, 7) is 6.96. The van der Waals surface area contributed by atoms with E-state index in [4.69, 9.17) is 11.6 Å². The Morgan fingerprint density at radius 3 is 2.47 bits per heavy atom. The van der Waals surface area contributed by atoms with Gasteiger partial charge in [0, 0.05) is 16.7 Å². The molecule has 0 N–H and O–H groups in total. The molecule has 88 valence electrons. The van der Waals surface area contributed by atoms with E-state index in [-0.39, 0.29) is 0 Å². The lowest BCUT2D eigenvalue weighted by atomic mass is 10.1. The summed E-state index contributed by atoms with van der Waals surface area (Å²) in [6, 6.07) is 8.23. The van der Waals surface area contributed by atoms with E-state index in [0.717, 1.165) is 28.0 Å². The fourth-order valence-electron chi connectivity index (χ4n) is 1.85. The maximum atomic E-state index is 6.09. The Balaban J connectivity index is 2.43. The van der Waals surface area contributed by atoms with Gasteiger partial charge in [-0.25, -0.2) is 0 Å². The fourth-order valence-corrected chi connectivity index (χ4v) is 2.28. The van der Waals surface area contributed by atoms with Crippen LogP contribution in [-0.4, -0.2) is 11.4 Å². The van der Waals surface area contributed by atoms with Gasteiger partial charge in [0.15, 0.2) is 0 Å². The van der Waals surface area contributed by atoms with Crippen LogP contribution in [0.1, 0.15) is 12.5 Å². The largest absolute Gasteiger partial charge is 0.341 e. The van der Waals surface area contributed by atoms with Gasteiger partial charge in [-0.2, -0.15) is 0 Å². The number of benzene rings is 1. The first-order valence-electron chi connectivity index (χ1n) is 5.43. The van der Waals surface area contributed by atoms with Crippen LogP contribution >= 0.6 is 27.5 Å². The smallest absolute Gasteiger partial charge is 0.0637 e. The normalized spacial score (nSPS) is 15.7. The maximum absolute atomic E-state index is 6.09. The van der Waals surface area contributed by atoms with Crippen molar-refractivity contribution in [1.82, 2.24) is 4.90 Å². The zero-order chi connectivity index (χ0) is 12.4. The molecule has 1 aromatic carbocycles. The van der Waals surface area contributed by atoms with E-state index in [1.165, 1.54) is 0 Å². The highest BCUT2D eigenvalue weighted by Gasteiger charge is 2.18. The van der Waals surface area contributed by atoms with Crippen molar-refractivity contribution in [2.45, 2.75) is 6.92 Å². The fraction of sp³-hybridized carbons (Fsp3) is 0.143. The van der Waals surface area contributed by atoms with E-state index in [9.17, 15) is 0 Å². The Kier molecular flexibility index (Phi) is 3.75. The quantitative estimate of drug-likeness (QED) is 0.761. The van der Waals surface area contributed by atoms with Crippen LogP contribution in [-0.2, 0) is 0 Å². The summed E-state index contributed by atoms with van der Waals surface area (Å²) in [7, 11) is 0. The van der Waals surface area contributed by atoms with Crippen LogP contribution in [0.25, 0.3) is 5.70 Å². The molecule has 3 heteroatoms. The van der Waals surface area contributed by atoms with Crippen molar-refractivity contribution in [3.63, 3.8) is 0 Å². The first kappa shape index (κ1) is 12.5. The number of rotatable bonds is 2. The van der Waals surface area contributed by atoms with Gasteiger partial charge < -0.3 is 4.90 Å². The molecule has 1 aliphatic heterocycles. The minimum absolute atomic E-state index is 0.702. The lowest BCUT2D eigenvalue weighted by molar-refractivity contribution is 0.528. The van der Waals surface area contributed by atoms with Gasteiger partial charge in [-0.15, -0.1) is 0 Å². The number of halogens is 2. The summed E-state index contributed by atoms with van der Waals surface area (Å²) < 4.78 is 1.08. The molecule has 1 aliphatic rings. The molecule has 17 heavy (non-hydrogen) atoms. The summed E-state index contributed by atoms with van der Waals surface area (Å²) in [5.74, 6) is 0. The second-order valence-corrected chi connectivity index (χ2v) is 5.09. The van der Waals surface area contributed by atoms with Crippen LogP contribution in [0.4, 0.5) is 0 Å². The van der Waals surface area contributed by atoms with Gasteiger partial charge in [0.2, 0.25) is 0 Å². The Hall–Kier alpha value is -0.990. The lowest BCUT2D eigenvalue weighted by Gasteiger charge is -2.30. The molecule has 1 heterocycles. The average Bonchev–Trinajstić information content (AvgIpc) is 2.34. The number of hydrogen-bond acceptors (Lipinski definition) is 1. The van der Waals surface area contributed by atoms with Gasteiger partial charge in [0.25, 0.3) is 0 Å². The van der Waals surface area contributed by atoms with Crippen LogP contribution in [0.15, 0.2) is 58.2 Å². The van der Waals surface area contributed by atoms with Crippen molar-refractivity contribution >= 4 is 33.2 Å². The Morgan fingerprint density at radius 1 is 1.24 bits per heavy atom. The van der Waals surface area contributed by atoms with Crippen molar-refractivity contribution in [3.05, 3.63) is 63.8 Å². The molecule has 1 aromatic rings. The highest BCUT2D eigenvalue weighted by Crippen LogP contribution is 2.32. The average molecular weight is 311 g/mol. The monoisotopic (exact) mass is 309 g/mol. The molecule has 0 bridgehead atoms. The number of hydrogen-bond donors (Lipinski definition) is 0. The summed E-state index contributed by atoms with van der Waals surface area (Å²) in [5.41, 5.74) is 3.15. The van der Waals surface area contributed by atoms with Gasteiger partial charge in [-0.05, 0) is 36.8 Å². The predicted molar refractivity (Wildman–Crippen MR) is 77.6 cm³/mol. The highest BCUT2D eigenvalue weighted by atomic mass is 79.9. The molecule has 0 radical (unpaired) electrons. The molecule has 0 aliphatic carbocycles. The first-order valence-corrected chi connectivity index (χ1v) is 6.61. The van der Waals surface area contributed by atoms with E-state index in [0.29, 0.717) is 5.03 Å². The van der Waals surface area contributed by atoms with Gasteiger partial charge in [0.1, 0.15) is 0 Å². The topological polar surface area (TPSA) is 3.24 Å². The van der Waals surface area contributed by atoms with Crippen LogP contribution in [0.2, 0.25) is 0 Å². The van der Waals surface area contributed by atoms with E-state index in [1.807, 2.05) is 24.3 Å². The van der Waals surface area contributed by atoms with Crippen molar-refractivity contribution < 1.29 is 0 Å². The summed E-state index contributed by atoms with van der Waals surface area (Å²) in [5, 5.41) is 0.702. The Labute approximate surface area is 115 Å². The second kappa shape index (κ2) is 5.11. The van der Waals surface area contributed by atoms with E-state index in [1.54, 1.807) is 0 Å². The van der Waals surface area contributed by atoms with Crippen LogP contribution in [0, 0.1) is 0 Å². The molecular formula is C14H13BrClN. The van der Waals surface area contributed by atoms with Gasteiger partial charge in [0.05, 0.1) is 10.7 Å². The molecule has 0 atom stereocenters. The lowest BCUT2D eigenvalue weighted by Crippen LogP contribution is -2.22. The zero-order valence-electron chi connectivity index (χ0n) is 9.58. The third kappa shape index (κ3) is 2.48. The van der Waals surface area contributed by atoms with Gasteiger partial charge in [-0.3, -0.25) is 0 Å². The molecule has 0 amide bonds. The van der Waals surface area contributed by atoms with Gasteiger partial charge in [-0.1, -0.05) is 46.2 Å². The minimum atomic E-state index is 0.702. The third-order valence-electron chi connectivity index (χ3n) is 2.74. The molecule has 0 unspecified atom stereocenters. The molecule has 0 saturated heterocycles. The number of likely N-dealkylation sites (N-methyl/N-ethyl adjacent to an activating group) is 1. The number of nitrogens with zero attached hydrogens (tertiary/aromatic N) is 1. The van der Waals surface area contributed by atoms with Crippen molar-refractivity contribution in [3.8, 4) is 0 Å². The van der Waals surface area contributed by atoms with Crippen LogP contribution in [0.3, 0.4) is 0 Å². The molecule has 0 aromatic heterocycles. The summed E-state index contributed by atoms with van der Waals surface area (Å²) in [6.07, 6.45) is 3.93. The van der Waals surface area contributed by atoms with Gasteiger partial charge >= 0.3 is 0 Å². The van der Waals surface area contributed by atoms with E-state index >= 15 is 0 Å². The molecular weight excluding hydrogens is 298 g/mol. The molecule has 2 rings (SSSR count). The Bertz CT molecular complexity index is 499. The van der Waals surface area contributed by atoms with Crippen molar-refractivity contribution in [1.29, 1.82) is 0 Å². The molecule has 0 spiro atoms. The SMILES string of the molecule is C=C1C(Cl)=CC=C(c2ccc(Br)cc2)N1CC. The maximum Gasteiger partial charge on any atom is 0.0637 e. The highest BCUT2D eigenvalue weighted by molar-refractivity contribution is 9.10. The zero-order valence-corrected chi connectivity index (χ0v) is 11.9. The minimum Gasteiger partial charge on any atom is -0.341 e. The molecule has 0 fully saturated rings. The van der Waals surface area contributed by atoms with Crippen molar-refractivity contribution in [2.24, 2.45) is 0 Å². The summed E-state index contributed by atoms with van der Waals surface area (Å²) >= 11 is 9.53. The first-order chi connectivity index (χ1) is 8.13. The molecule has 1 nitrogen and oxygen atoms in total. The third-order valence-corrected chi connectivity index (χ3v) is 3.61. The van der Waals surface area contributed by atoms with Crippen LogP contribution in [0.5, 0.6) is 0 Å². The number of allylic oxidation sites excluding steroid dienone is 3. The van der Waals surface area contributed by atoms with Crippen molar-refractivity contribution in [2.75, 3.05) is 6.54 Å². The molecule has 0 saturated carbocycles. The Morgan fingerprint density at radius 2 is 1.88 bits per heavy atom. The van der Waals surface area contributed by atoms with E-state index < -0.39 is 0 Å². The predicted octanol–water partition coefficient (Wildman–Crippen LogP) is 4.76. The summed E-state index contributed by atoms with van der Waals surface area (Å²) in [4.78, 5) is 2.12. The van der Waals surface area contributed by atoms with Crippen LogP contribution < -0.4 is 0 Å². The van der Waals surface area contributed by atoms with E-state index in [2.05, 4.69) is 46.5 Å².